The Balaban J connectivity index is 1.52. The third kappa shape index (κ3) is 4.54. The number of β-amino-alcohol motifs (C(OH)–C–C–N with tert-alkyl or cyclic N) is 1. The number of piperazine rings is 1. The molecule has 100 valence electrons. The number of rotatable bonds is 6. The van der Waals surface area contributed by atoms with Crippen LogP contribution in [-0.2, 0) is 0 Å². The molecule has 2 aliphatic heterocycles. The van der Waals surface area contributed by atoms with Crippen molar-refractivity contribution in [2.45, 2.75) is 31.7 Å². The van der Waals surface area contributed by atoms with Gasteiger partial charge in [0.1, 0.15) is 0 Å². The predicted octanol–water partition coefficient (Wildman–Crippen LogP) is 0.129. The third-order valence-corrected chi connectivity index (χ3v) is 4.07. The van der Waals surface area contributed by atoms with E-state index in [0.29, 0.717) is 6.61 Å². The van der Waals surface area contributed by atoms with Gasteiger partial charge in [-0.2, -0.15) is 0 Å². The Morgan fingerprint density at radius 3 is 2.35 bits per heavy atom. The summed E-state index contributed by atoms with van der Waals surface area (Å²) in [5.41, 5.74) is 0. The van der Waals surface area contributed by atoms with Crippen LogP contribution < -0.4 is 5.32 Å². The van der Waals surface area contributed by atoms with Crippen LogP contribution in [0, 0.1) is 0 Å². The first-order chi connectivity index (χ1) is 8.38. The quantitative estimate of drug-likeness (QED) is 0.693. The number of aliphatic hydroxyl groups is 1. The lowest BCUT2D eigenvalue weighted by atomic mass is 10.1. The maximum absolute atomic E-state index is 8.88. The minimum atomic E-state index is 0.299. The predicted molar refractivity (Wildman–Crippen MR) is 70.2 cm³/mol. The zero-order chi connectivity index (χ0) is 11.9. The number of hydrogen-bond acceptors (Lipinski definition) is 4. The highest BCUT2D eigenvalue weighted by molar-refractivity contribution is 4.76. The van der Waals surface area contributed by atoms with E-state index in [4.69, 9.17) is 5.11 Å². The zero-order valence-corrected chi connectivity index (χ0v) is 10.9. The van der Waals surface area contributed by atoms with Gasteiger partial charge in [-0.3, -0.25) is 4.90 Å². The van der Waals surface area contributed by atoms with Gasteiger partial charge in [-0.15, -0.1) is 0 Å². The molecule has 2 fully saturated rings. The molecule has 0 bridgehead atoms. The second-order valence-electron chi connectivity index (χ2n) is 5.34. The minimum absolute atomic E-state index is 0.299. The lowest BCUT2D eigenvalue weighted by Gasteiger charge is -2.34. The van der Waals surface area contributed by atoms with E-state index in [-0.39, 0.29) is 0 Å². The SMILES string of the molecule is OCCN1CCN(CCCC2CCCN2)CC1. The van der Waals surface area contributed by atoms with Crippen molar-refractivity contribution < 1.29 is 5.11 Å². The molecule has 0 aliphatic carbocycles. The highest BCUT2D eigenvalue weighted by Gasteiger charge is 2.17. The monoisotopic (exact) mass is 241 g/mol. The van der Waals surface area contributed by atoms with Crippen LogP contribution in [0.4, 0.5) is 0 Å². The molecule has 0 spiro atoms. The molecule has 1 unspecified atom stereocenters. The summed E-state index contributed by atoms with van der Waals surface area (Å²) in [6, 6.07) is 0.797. The molecule has 0 aromatic heterocycles. The summed E-state index contributed by atoms with van der Waals surface area (Å²) in [4.78, 5) is 4.93. The van der Waals surface area contributed by atoms with Gasteiger partial charge in [0.15, 0.2) is 0 Å². The first kappa shape index (κ1) is 13.3. The van der Waals surface area contributed by atoms with Gasteiger partial charge in [0.25, 0.3) is 0 Å². The fourth-order valence-corrected chi connectivity index (χ4v) is 2.94. The van der Waals surface area contributed by atoms with Crippen molar-refractivity contribution in [2.75, 3.05) is 52.4 Å². The molecule has 1 atom stereocenters. The summed E-state index contributed by atoms with van der Waals surface area (Å²) in [6.45, 7) is 8.24. The van der Waals surface area contributed by atoms with E-state index in [9.17, 15) is 0 Å². The molecule has 2 heterocycles. The number of aliphatic hydroxyl groups excluding tert-OH is 1. The molecule has 4 heteroatoms. The van der Waals surface area contributed by atoms with Gasteiger partial charge < -0.3 is 15.3 Å². The Hall–Kier alpha value is -0.160. The van der Waals surface area contributed by atoms with Crippen LogP contribution in [-0.4, -0.2) is 73.4 Å². The van der Waals surface area contributed by atoms with Crippen LogP contribution in [0.2, 0.25) is 0 Å². The average Bonchev–Trinajstić information content (AvgIpc) is 2.85. The molecule has 0 radical (unpaired) electrons. The molecule has 2 rings (SSSR count). The molecule has 0 aromatic rings. The second kappa shape index (κ2) is 7.31. The van der Waals surface area contributed by atoms with E-state index < -0.39 is 0 Å². The van der Waals surface area contributed by atoms with Gasteiger partial charge in [-0.25, -0.2) is 0 Å². The first-order valence-corrected chi connectivity index (χ1v) is 7.17. The maximum Gasteiger partial charge on any atom is 0.0558 e. The van der Waals surface area contributed by atoms with Crippen LogP contribution in [0.25, 0.3) is 0 Å². The molecule has 4 nitrogen and oxygen atoms in total. The summed E-state index contributed by atoms with van der Waals surface area (Å²) >= 11 is 0. The van der Waals surface area contributed by atoms with Crippen molar-refractivity contribution >= 4 is 0 Å². The van der Waals surface area contributed by atoms with Crippen LogP contribution in [0.15, 0.2) is 0 Å². The van der Waals surface area contributed by atoms with Gasteiger partial charge in [0.05, 0.1) is 6.61 Å². The molecule has 2 N–H and O–H groups in total. The van der Waals surface area contributed by atoms with Gasteiger partial charge in [-0.05, 0) is 38.8 Å². The normalized spacial score (nSPS) is 27.7. The topological polar surface area (TPSA) is 38.7 Å². The van der Waals surface area contributed by atoms with Crippen LogP contribution in [0.1, 0.15) is 25.7 Å². The molecule has 0 saturated carbocycles. The summed E-state index contributed by atoms with van der Waals surface area (Å²) < 4.78 is 0. The Morgan fingerprint density at radius 1 is 1.06 bits per heavy atom. The second-order valence-corrected chi connectivity index (χ2v) is 5.34. The smallest absolute Gasteiger partial charge is 0.0558 e. The lowest BCUT2D eigenvalue weighted by molar-refractivity contribution is 0.111. The fourth-order valence-electron chi connectivity index (χ4n) is 2.94. The Labute approximate surface area is 105 Å². The zero-order valence-electron chi connectivity index (χ0n) is 10.9. The highest BCUT2D eigenvalue weighted by atomic mass is 16.3. The number of hydrogen-bond donors (Lipinski definition) is 2. The van der Waals surface area contributed by atoms with E-state index >= 15 is 0 Å². The standard InChI is InChI=1S/C13H27N3O/c17-12-11-16-9-7-15(8-10-16)6-2-4-13-3-1-5-14-13/h13-14,17H,1-12H2. The van der Waals surface area contributed by atoms with Gasteiger partial charge in [0.2, 0.25) is 0 Å². The Bertz CT molecular complexity index is 199. The van der Waals surface area contributed by atoms with E-state index in [0.717, 1.165) is 25.7 Å². The molecule has 2 saturated heterocycles. The largest absolute Gasteiger partial charge is 0.395 e. The van der Waals surface area contributed by atoms with Crippen molar-refractivity contribution in [2.24, 2.45) is 0 Å². The maximum atomic E-state index is 8.88. The number of nitrogens with one attached hydrogen (secondary N) is 1. The molecule has 17 heavy (non-hydrogen) atoms. The summed E-state index contributed by atoms with van der Waals surface area (Å²) in [5.74, 6) is 0. The lowest BCUT2D eigenvalue weighted by Crippen LogP contribution is -2.47. The van der Waals surface area contributed by atoms with Gasteiger partial charge in [-0.1, -0.05) is 0 Å². The summed E-state index contributed by atoms with van der Waals surface area (Å²) in [5, 5.41) is 12.4. The van der Waals surface area contributed by atoms with Crippen molar-refractivity contribution in [1.82, 2.24) is 15.1 Å². The summed E-state index contributed by atoms with van der Waals surface area (Å²) in [7, 11) is 0. The van der Waals surface area contributed by atoms with E-state index in [1.54, 1.807) is 0 Å². The van der Waals surface area contributed by atoms with E-state index in [2.05, 4.69) is 15.1 Å². The fraction of sp³-hybridized carbons (Fsp3) is 1.00. The molecular formula is C13H27N3O. The van der Waals surface area contributed by atoms with Crippen LogP contribution >= 0.6 is 0 Å². The average molecular weight is 241 g/mol. The van der Waals surface area contributed by atoms with Gasteiger partial charge >= 0.3 is 0 Å². The minimum Gasteiger partial charge on any atom is -0.395 e. The molecular weight excluding hydrogens is 214 g/mol. The Kier molecular flexibility index (Phi) is 5.71. The van der Waals surface area contributed by atoms with Crippen molar-refractivity contribution in [3.63, 3.8) is 0 Å². The van der Waals surface area contributed by atoms with E-state index in [1.807, 2.05) is 0 Å². The molecule has 2 aliphatic rings. The van der Waals surface area contributed by atoms with Crippen molar-refractivity contribution in [3.05, 3.63) is 0 Å². The van der Waals surface area contributed by atoms with Gasteiger partial charge in [0, 0.05) is 38.8 Å². The number of nitrogens with zero attached hydrogens (tertiary/aromatic N) is 2. The highest BCUT2D eigenvalue weighted by Crippen LogP contribution is 2.11. The van der Waals surface area contributed by atoms with Crippen molar-refractivity contribution in [1.29, 1.82) is 0 Å². The van der Waals surface area contributed by atoms with Crippen molar-refractivity contribution in [3.8, 4) is 0 Å². The third-order valence-electron chi connectivity index (χ3n) is 4.07. The van der Waals surface area contributed by atoms with E-state index in [1.165, 1.54) is 51.9 Å². The van der Waals surface area contributed by atoms with Crippen LogP contribution in [0.5, 0.6) is 0 Å². The molecule has 0 amide bonds. The Morgan fingerprint density at radius 2 is 1.76 bits per heavy atom. The molecule has 0 aromatic carbocycles. The summed E-state index contributed by atoms with van der Waals surface area (Å²) in [6.07, 6.45) is 5.42. The first-order valence-electron chi connectivity index (χ1n) is 7.17. The van der Waals surface area contributed by atoms with Crippen LogP contribution in [0.3, 0.4) is 0 Å².